The zero-order valence-electron chi connectivity index (χ0n) is 9.71. The Labute approximate surface area is 96.5 Å². The number of aromatic hydroxyl groups is 1. The minimum atomic E-state index is 0.142. The second-order valence-electron chi connectivity index (χ2n) is 3.79. The van der Waals surface area contributed by atoms with E-state index in [9.17, 15) is 5.11 Å². The number of phenolic OH excluding ortho intramolecular Hbond substituents is 1. The maximum Gasteiger partial charge on any atom is 0.137 e. The van der Waals surface area contributed by atoms with E-state index < -0.39 is 0 Å². The van der Waals surface area contributed by atoms with E-state index in [1.807, 2.05) is 32.1 Å². The highest BCUT2D eigenvalue weighted by molar-refractivity contribution is 6.32. The first-order valence-electron chi connectivity index (χ1n) is 4.67. The zero-order chi connectivity index (χ0) is 12.0. The Kier molecular flexibility index (Phi) is 6.32. The van der Waals surface area contributed by atoms with Crippen molar-refractivity contribution in [3.8, 4) is 5.75 Å². The molecular weight excluding hydrogens is 212 g/mol. The van der Waals surface area contributed by atoms with E-state index in [2.05, 4.69) is 0 Å². The fraction of sp³-hybridized carbons (Fsp3) is 0.455. The third-order valence-corrected chi connectivity index (χ3v) is 1.84. The number of phenols is 1. The minimum absolute atomic E-state index is 0.142. The van der Waals surface area contributed by atoms with Crippen molar-refractivity contribution >= 4 is 11.6 Å². The summed E-state index contributed by atoms with van der Waals surface area (Å²) in [5.74, 6) is 0.142. The van der Waals surface area contributed by atoms with E-state index in [-0.39, 0.29) is 5.75 Å². The molecule has 1 rings (SSSR count). The van der Waals surface area contributed by atoms with Crippen molar-refractivity contribution in [2.45, 2.75) is 13.5 Å². The largest absolute Gasteiger partial charge is 0.506 e. The average Bonchev–Trinajstić information content (AvgIpc) is 2.12. The molecule has 0 radical (unpaired) electrons. The molecule has 0 aromatic heterocycles. The summed E-state index contributed by atoms with van der Waals surface area (Å²) in [7, 11) is 6.00. The summed E-state index contributed by atoms with van der Waals surface area (Å²) >= 11 is 5.69. The predicted molar refractivity (Wildman–Crippen MR) is 65.4 cm³/mol. The van der Waals surface area contributed by atoms with Gasteiger partial charge in [0.05, 0.1) is 5.02 Å². The number of nitrogens with two attached hydrogens (primary N) is 1. The smallest absolute Gasteiger partial charge is 0.137 e. The Morgan fingerprint density at radius 2 is 1.80 bits per heavy atom. The number of halogens is 1. The summed E-state index contributed by atoms with van der Waals surface area (Å²) < 4.78 is 0. The summed E-state index contributed by atoms with van der Waals surface area (Å²) in [6, 6.07) is 3.49. The molecule has 0 aliphatic heterocycles. The third-order valence-electron chi connectivity index (χ3n) is 1.55. The molecule has 0 unspecified atom stereocenters. The monoisotopic (exact) mass is 230 g/mol. The Balaban J connectivity index is 0.000000423. The molecule has 0 bridgehead atoms. The number of hydrogen-bond acceptors (Lipinski definition) is 3. The van der Waals surface area contributed by atoms with Crippen molar-refractivity contribution < 1.29 is 5.11 Å². The molecular formula is C11H19ClN2O. The molecule has 0 fully saturated rings. The van der Waals surface area contributed by atoms with Gasteiger partial charge in [-0.3, -0.25) is 0 Å². The number of hydrogen-bond donors (Lipinski definition) is 2. The fourth-order valence-electron chi connectivity index (χ4n) is 0.925. The maximum absolute atomic E-state index is 9.25. The van der Waals surface area contributed by atoms with E-state index in [1.165, 1.54) is 0 Å². The summed E-state index contributed by atoms with van der Waals surface area (Å²) in [5, 5.41) is 9.62. The highest BCUT2D eigenvalue weighted by atomic mass is 35.5. The van der Waals surface area contributed by atoms with Crippen molar-refractivity contribution in [2.75, 3.05) is 21.1 Å². The summed E-state index contributed by atoms with van der Waals surface area (Å²) in [6.45, 7) is 2.24. The van der Waals surface area contributed by atoms with Crippen LogP contribution in [0.15, 0.2) is 12.1 Å². The molecule has 3 nitrogen and oxygen atoms in total. The molecule has 0 saturated heterocycles. The molecule has 0 aliphatic carbocycles. The normalized spacial score (nSPS) is 9.80. The van der Waals surface area contributed by atoms with Crippen LogP contribution in [0.25, 0.3) is 0 Å². The van der Waals surface area contributed by atoms with Crippen molar-refractivity contribution in [1.82, 2.24) is 4.90 Å². The molecule has 3 N–H and O–H groups in total. The lowest BCUT2D eigenvalue weighted by Gasteiger charge is -2.03. The second-order valence-corrected chi connectivity index (χ2v) is 4.20. The van der Waals surface area contributed by atoms with Gasteiger partial charge in [0, 0.05) is 6.54 Å². The quantitative estimate of drug-likeness (QED) is 0.776. The van der Waals surface area contributed by atoms with Gasteiger partial charge in [-0.15, -0.1) is 0 Å². The lowest BCUT2D eigenvalue weighted by Crippen LogP contribution is -1.99. The maximum atomic E-state index is 9.25. The molecule has 86 valence electrons. The van der Waals surface area contributed by atoms with Gasteiger partial charge in [0.1, 0.15) is 5.75 Å². The molecule has 0 saturated carbocycles. The van der Waals surface area contributed by atoms with Gasteiger partial charge in [-0.05, 0) is 45.3 Å². The SMILES string of the molecule is CN(C)C.Cc1cc(CN)cc(Cl)c1O. The van der Waals surface area contributed by atoms with Crippen LogP contribution in [0.1, 0.15) is 11.1 Å². The minimum Gasteiger partial charge on any atom is -0.506 e. The van der Waals surface area contributed by atoms with Crippen LogP contribution in [0.2, 0.25) is 5.02 Å². The standard InChI is InChI=1S/C8H10ClNO.C3H9N/c1-5-2-6(4-10)3-7(9)8(5)11;1-4(2)3/h2-3,11H,4,10H2,1H3;1-3H3. The predicted octanol–water partition coefficient (Wildman–Crippen LogP) is 1.99. The van der Waals surface area contributed by atoms with Gasteiger partial charge in [-0.1, -0.05) is 17.7 Å². The van der Waals surface area contributed by atoms with E-state index in [4.69, 9.17) is 17.3 Å². The summed E-state index contributed by atoms with van der Waals surface area (Å²) in [5.41, 5.74) is 7.09. The number of rotatable bonds is 1. The van der Waals surface area contributed by atoms with Gasteiger partial charge in [-0.25, -0.2) is 0 Å². The number of nitrogens with zero attached hydrogens (tertiary/aromatic N) is 1. The van der Waals surface area contributed by atoms with Gasteiger partial charge in [0.2, 0.25) is 0 Å². The van der Waals surface area contributed by atoms with Crippen molar-refractivity contribution in [1.29, 1.82) is 0 Å². The van der Waals surface area contributed by atoms with Crippen LogP contribution in [0.5, 0.6) is 5.75 Å². The van der Waals surface area contributed by atoms with Gasteiger partial charge >= 0.3 is 0 Å². The topological polar surface area (TPSA) is 49.5 Å². The van der Waals surface area contributed by atoms with Crippen LogP contribution in [-0.2, 0) is 6.54 Å². The molecule has 0 spiro atoms. The second kappa shape index (κ2) is 6.67. The molecule has 1 aromatic carbocycles. The van der Waals surface area contributed by atoms with Crippen LogP contribution in [0.4, 0.5) is 0 Å². The van der Waals surface area contributed by atoms with Gasteiger partial charge < -0.3 is 15.7 Å². The van der Waals surface area contributed by atoms with Gasteiger partial charge in [0.25, 0.3) is 0 Å². The first-order chi connectivity index (χ1) is 6.88. The lowest BCUT2D eigenvalue weighted by molar-refractivity contribution is 0.471. The van der Waals surface area contributed by atoms with E-state index >= 15 is 0 Å². The molecule has 0 amide bonds. The van der Waals surface area contributed by atoms with Crippen molar-refractivity contribution in [3.05, 3.63) is 28.3 Å². The molecule has 0 atom stereocenters. The van der Waals surface area contributed by atoms with E-state index in [0.29, 0.717) is 11.6 Å². The van der Waals surface area contributed by atoms with Crippen LogP contribution >= 0.6 is 11.6 Å². The summed E-state index contributed by atoms with van der Waals surface area (Å²) in [4.78, 5) is 2.00. The molecule has 0 heterocycles. The molecule has 1 aromatic rings. The molecule has 0 aliphatic rings. The van der Waals surface area contributed by atoms with E-state index in [1.54, 1.807) is 13.0 Å². The van der Waals surface area contributed by atoms with Crippen LogP contribution < -0.4 is 5.73 Å². The Bertz CT molecular complexity index is 288. The fourth-order valence-corrected chi connectivity index (χ4v) is 1.21. The third kappa shape index (κ3) is 5.62. The van der Waals surface area contributed by atoms with Gasteiger partial charge in [-0.2, -0.15) is 0 Å². The Morgan fingerprint density at radius 3 is 2.13 bits per heavy atom. The molecule has 4 heteroatoms. The number of benzene rings is 1. The first-order valence-corrected chi connectivity index (χ1v) is 5.05. The average molecular weight is 231 g/mol. The highest BCUT2D eigenvalue weighted by Gasteiger charge is 2.02. The highest BCUT2D eigenvalue weighted by Crippen LogP contribution is 2.27. The van der Waals surface area contributed by atoms with Crippen LogP contribution in [-0.4, -0.2) is 31.1 Å². The zero-order valence-corrected chi connectivity index (χ0v) is 10.5. The van der Waals surface area contributed by atoms with Crippen molar-refractivity contribution in [2.24, 2.45) is 5.73 Å². The van der Waals surface area contributed by atoms with Crippen molar-refractivity contribution in [3.63, 3.8) is 0 Å². The first kappa shape index (κ1) is 14.2. The van der Waals surface area contributed by atoms with E-state index in [0.717, 1.165) is 11.1 Å². The lowest BCUT2D eigenvalue weighted by atomic mass is 10.1. The van der Waals surface area contributed by atoms with Crippen LogP contribution in [0, 0.1) is 6.92 Å². The Morgan fingerprint density at radius 1 is 1.33 bits per heavy atom. The number of aryl methyl sites for hydroxylation is 1. The van der Waals surface area contributed by atoms with Gasteiger partial charge in [0.15, 0.2) is 0 Å². The summed E-state index contributed by atoms with van der Waals surface area (Å²) in [6.07, 6.45) is 0. The Hall–Kier alpha value is -0.770. The van der Waals surface area contributed by atoms with Crippen LogP contribution in [0.3, 0.4) is 0 Å². The molecule has 15 heavy (non-hydrogen) atoms.